The summed E-state index contributed by atoms with van der Waals surface area (Å²) in [4.78, 5) is 20.9. The van der Waals surface area contributed by atoms with Crippen LogP contribution in [0.3, 0.4) is 0 Å². The van der Waals surface area contributed by atoms with Gasteiger partial charge in [-0.1, -0.05) is 30.3 Å². The predicted molar refractivity (Wildman–Crippen MR) is 107 cm³/mol. The molecule has 7 heteroatoms. The van der Waals surface area contributed by atoms with Crippen molar-refractivity contribution in [3.8, 4) is 11.4 Å². The summed E-state index contributed by atoms with van der Waals surface area (Å²) in [6.07, 6.45) is 3.49. The van der Waals surface area contributed by atoms with Gasteiger partial charge in [0.05, 0.1) is 12.6 Å². The number of hydrogen-bond acceptors (Lipinski definition) is 5. The number of nitrogens with zero attached hydrogens (tertiary/aromatic N) is 5. The average Bonchev–Trinajstić information content (AvgIpc) is 3.27. The van der Waals surface area contributed by atoms with E-state index in [9.17, 15) is 9.90 Å². The first-order valence-electron chi connectivity index (χ1n) is 9.85. The molecule has 148 valence electrons. The highest BCUT2D eigenvalue weighted by atomic mass is 16.3. The largest absolute Gasteiger partial charge is 0.392 e. The van der Waals surface area contributed by atoms with Gasteiger partial charge in [0, 0.05) is 38.8 Å². The van der Waals surface area contributed by atoms with Crippen LogP contribution in [0.15, 0.2) is 30.3 Å². The van der Waals surface area contributed by atoms with Gasteiger partial charge in [-0.05, 0) is 30.9 Å². The molecule has 0 bridgehead atoms. The number of rotatable bonds is 4. The van der Waals surface area contributed by atoms with Gasteiger partial charge in [0.15, 0.2) is 5.82 Å². The van der Waals surface area contributed by atoms with Gasteiger partial charge in [-0.2, -0.15) is 5.10 Å². The molecular formula is C21H27N5O2. The number of likely N-dealkylation sites (tertiary alicyclic amines) is 1. The molecule has 1 aromatic heterocycles. The third-order valence-electron chi connectivity index (χ3n) is 5.66. The highest BCUT2D eigenvalue weighted by Crippen LogP contribution is 2.25. The SMILES string of the molecule is Cc1nc(-c2ccc(C3=CCN(C(=O)CN4CC[C@H](O)C4)CC3)cc2)nn1C. The van der Waals surface area contributed by atoms with Gasteiger partial charge in [0.25, 0.3) is 0 Å². The standard InChI is InChI=1S/C21H27N5O2/c1-15-22-21(23-24(15)2)18-5-3-16(4-6-18)17-7-11-26(12-8-17)20(28)14-25-10-9-19(27)13-25/h3-7,19,27H,8-14H2,1-2H3/t19-/m0/s1. The topological polar surface area (TPSA) is 74.5 Å². The average molecular weight is 381 g/mol. The zero-order valence-corrected chi connectivity index (χ0v) is 16.5. The van der Waals surface area contributed by atoms with Crippen LogP contribution in [0.4, 0.5) is 0 Å². The fourth-order valence-electron chi connectivity index (χ4n) is 3.82. The molecule has 0 aliphatic carbocycles. The molecule has 1 aromatic carbocycles. The fourth-order valence-corrected chi connectivity index (χ4v) is 3.82. The minimum Gasteiger partial charge on any atom is -0.392 e. The number of carbonyl (C=O) groups excluding carboxylic acids is 1. The van der Waals surface area contributed by atoms with E-state index in [2.05, 4.69) is 40.4 Å². The van der Waals surface area contributed by atoms with Crippen molar-refractivity contribution >= 4 is 11.5 Å². The van der Waals surface area contributed by atoms with Crippen LogP contribution in [0.5, 0.6) is 0 Å². The number of aliphatic hydroxyl groups excluding tert-OH is 1. The van der Waals surface area contributed by atoms with Crippen molar-refractivity contribution in [2.24, 2.45) is 7.05 Å². The van der Waals surface area contributed by atoms with Crippen LogP contribution in [0.1, 0.15) is 24.2 Å². The lowest BCUT2D eigenvalue weighted by Gasteiger charge is -2.28. The van der Waals surface area contributed by atoms with E-state index in [1.807, 2.05) is 23.8 Å². The van der Waals surface area contributed by atoms with Gasteiger partial charge in [0.2, 0.25) is 5.91 Å². The first kappa shape index (κ1) is 18.8. The van der Waals surface area contributed by atoms with Gasteiger partial charge in [-0.3, -0.25) is 14.4 Å². The number of benzene rings is 1. The Labute approximate surface area is 165 Å². The summed E-state index contributed by atoms with van der Waals surface area (Å²) in [5, 5.41) is 14.0. The zero-order chi connectivity index (χ0) is 19.7. The van der Waals surface area contributed by atoms with E-state index in [0.717, 1.165) is 43.1 Å². The van der Waals surface area contributed by atoms with Gasteiger partial charge in [-0.15, -0.1) is 0 Å². The number of β-amino-alcohol motifs (C(OH)–C–C–N with tert-alkyl or cyclic N) is 1. The third kappa shape index (κ3) is 4.00. The monoisotopic (exact) mass is 381 g/mol. The summed E-state index contributed by atoms with van der Waals surface area (Å²) in [6, 6.07) is 8.33. The van der Waals surface area contributed by atoms with Gasteiger partial charge < -0.3 is 10.0 Å². The molecule has 0 unspecified atom stereocenters. The lowest BCUT2D eigenvalue weighted by atomic mass is 9.98. The molecule has 1 N–H and O–H groups in total. The molecule has 2 aliphatic rings. The van der Waals surface area contributed by atoms with Crippen LogP contribution >= 0.6 is 0 Å². The van der Waals surface area contributed by atoms with Crippen molar-refractivity contribution in [1.29, 1.82) is 0 Å². The summed E-state index contributed by atoms with van der Waals surface area (Å²) in [5.74, 6) is 1.78. The van der Waals surface area contributed by atoms with Crippen molar-refractivity contribution in [3.05, 3.63) is 41.7 Å². The van der Waals surface area contributed by atoms with Crippen molar-refractivity contribution < 1.29 is 9.90 Å². The fraction of sp³-hybridized carbons (Fsp3) is 0.476. The summed E-state index contributed by atoms with van der Waals surface area (Å²) in [5.41, 5.74) is 3.47. The Kier molecular flexibility index (Phi) is 5.28. The number of aliphatic hydroxyl groups is 1. The maximum atomic E-state index is 12.5. The van der Waals surface area contributed by atoms with E-state index >= 15 is 0 Å². The van der Waals surface area contributed by atoms with Gasteiger partial charge in [-0.25, -0.2) is 4.98 Å². The van der Waals surface area contributed by atoms with Gasteiger partial charge in [0.1, 0.15) is 5.82 Å². The third-order valence-corrected chi connectivity index (χ3v) is 5.66. The summed E-state index contributed by atoms with van der Waals surface area (Å²) >= 11 is 0. The second kappa shape index (κ2) is 7.85. The number of aryl methyl sites for hydroxylation is 2. The Morgan fingerprint density at radius 3 is 2.54 bits per heavy atom. The summed E-state index contributed by atoms with van der Waals surface area (Å²) < 4.78 is 1.78. The first-order valence-corrected chi connectivity index (χ1v) is 9.85. The molecule has 0 saturated carbocycles. The molecule has 1 saturated heterocycles. The Hall–Kier alpha value is -2.51. The second-order valence-electron chi connectivity index (χ2n) is 7.68. The molecule has 1 amide bonds. The highest BCUT2D eigenvalue weighted by molar-refractivity contribution is 5.80. The maximum absolute atomic E-state index is 12.5. The van der Waals surface area contributed by atoms with Crippen LogP contribution in [0, 0.1) is 6.92 Å². The van der Waals surface area contributed by atoms with Crippen LogP contribution < -0.4 is 0 Å². The van der Waals surface area contributed by atoms with Crippen LogP contribution in [0.25, 0.3) is 17.0 Å². The molecule has 28 heavy (non-hydrogen) atoms. The molecule has 1 atom stereocenters. The van der Waals surface area contributed by atoms with Crippen molar-refractivity contribution in [3.63, 3.8) is 0 Å². The number of aromatic nitrogens is 3. The minimum absolute atomic E-state index is 0.149. The minimum atomic E-state index is -0.283. The van der Waals surface area contributed by atoms with Crippen molar-refractivity contribution in [2.45, 2.75) is 25.9 Å². The molecule has 1 fully saturated rings. The quantitative estimate of drug-likeness (QED) is 0.868. The van der Waals surface area contributed by atoms with E-state index < -0.39 is 0 Å². The van der Waals surface area contributed by atoms with Crippen LogP contribution in [0.2, 0.25) is 0 Å². The van der Waals surface area contributed by atoms with E-state index in [1.54, 1.807) is 4.68 Å². The molecule has 2 aliphatic heterocycles. The van der Waals surface area contributed by atoms with Crippen LogP contribution in [-0.4, -0.2) is 74.4 Å². The Bertz CT molecular complexity index is 867. The Balaban J connectivity index is 1.37. The smallest absolute Gasteiger partial charge is 0.237 e. The van der Waals surface area contributed by atoms with Crippen molar-refractivity contribution in [1.82, 2.24) is 24.6 Å². The number of hydrogen-bond donors (Lipinski definition) is 1. The molecular weight excluding hydrogens is 354 g/mol. The molecule has 7 nitrogen and oxygen atoms in total. The lowest BCUT2D eigenvalue weighted by Crippen LogP contribution is -2.41. The summed E-state index contributed by atoms with van der Waals surface area (Å²) in [6.45, 7) is 5.15. The highest BCUT2D eigenvalue weighted by Gasteiger charge is 2.25. The number of amides is 1. The van der Waals surface area contributed by atoms with Crippen LogP contribution in [-0.2, 0) is 11.8 Å². The molecule has 3 heterocycles. The van der Waals surface area contributed by atoms with E-state index in [0.29, 0.717) is 19.6 Å². The predicted octanol–water partition coefficient (Wildman–Crippen LogP) is 1.47. The normalized spacial score (nSPS) is 20.5. The number of carbonyl (C=O) groups is 1. The zero-order valence-electron chi connectivity index (χ0n) is 16.5. The Morgan fingerprint density at radius 1 is 1.21 bits per heavy atom. The van der Waals surface area contributed by atoms with Gasteiger partial charge >= 0.3 is 0 Å². The second-order valence-corrected chi connectivity index (χ2v) is 7.68. The van der Waals surface area contributed by atoms with E-state index in [4.69, 9.17) is 0 Å². The molecule has 2 aromatic rings. The lowest BCUT2D eigenvalue weighted by molar-refractivity contribution is -0.131. The van der Waals surface area contributed by atoms with Crippen molar-refractivity contribution in [2.75, 3.05) is 32.7 Å². The Morgan fingerprint density at radius 2 is 1.96 bits per heavy atom. The molecule has 0 radical (unpaired) electrons. The first-order chi connectivity index (χ1) is 13.5. The summed E-state index contributed by atoms with van der Waals surface area (Å²) in [7, 11) is 1.89. The van der Waals surface area contributed by atoms with E-state index in [1.165, 1.54) is 11.1 Å². The molecule has 4 rings (SSSR count). The molecule has 0 spiro atoms. The maximum Gasteiger partial charge on any atom is 0.237 e. The van der Waals surface area contributed by atoms with E-state index in [-0.39, 0.29) is 12.0 Å².